The van der Waals surface area contributed by atoms with Gasteiger partial charge in [-0.15, -0.1) is 0 Å². The number of aliphatic hydroxyl groups is 1. The molecule has 0 bridgehead atoms. The Kier molecular flexibility index (Phi) is 5.96. The van der Waals surface area contributed by atoms with Crippen molar-refractivity contribution in [3.63, 3.8) is 0 Å². The van der Waals surface area contributed by atoms with Crippen LogP contribution in [0.2, 0.25) is 0 Å². The average molecular weight is 296 g/mol. The van der Waals surface area contributed by atoms with E-state index >= 15 is 0 Å². The number of morpholine rings is 1. The summed E-state index contributed by atoms with van der Waals surface area (Å²) in [4.78, 5) is 2.05. The van der Waals surface area contributed by atoms with Crippen LogP contribution in [0, 0.1) is 11.7 Å². The van der Waals surface area contributed by atoms with Crippen molar-refractivity contribution in [2.75, 3.05) is 37.8 Å². The Hall–Kier alpha value is -1.17. The van der Waals surface area contributed by atoms with Gasteiger partial charge in [-0.3, -0.25) is 0 Å². The average Bonchev–Trinajstić information content (AvgIpc) is 2.48. The van der Waals surface area contributed by atoms with Gasteiger partial charge in [0.2, 0.25) is 0 Å². The summed E-state index contributed by atoms with van der Waals surface area (Å²) < 4.78 is 19.6. The molecule has 1 unspecified atom stereocenters. The number of nitrogens with one attached hydrogen (secondary N) is 1. The molecule has 0 saturated carbocycles. The van der Waals surface area contributed by atoms with E-state index < -0.39 is 0 Å². The van der Waals surface area contributed by atoms with Crippen LogP contribution in [0.15, 0.2) is 18.2 Å². The molecular weight excluding hydrogens is 271 g/mol. The van der Waals surface area contributed by atoms with Crippen molar-refractivity contribution in [1.82, 2.24) is 5.32 Å². The van der Waals surface area contributed by atoms with Crippen LogP contribution in [0.4, 0.5) is 10.1 Å². The highest BCUT2D eigenvalue weighted by Gasteiger charge is 2.25. The summed E-state index contributed by atoms with van der Waals surface area (Å²) in [7, 11) is 0. The van der Waals surface area contributed by atoms with Gasteiger partial charge < -0.3 is 20.1 Å². The van der Waals surface area contributed by atoms with Gasteiger partial charge in [-0.1, -0.05) is 19.9 Å². The van der Waals surface area contributed by atoms with E-state index in [1.807, 2.05) is 6.07 Å². The van der Waals surface area contributed by atoms with Crippen molar-refractivity contribution in [2.24, 2.45) is 5.92 Å². The highest BCUT2D eigenvalue weighted by atomic mass is 19.1. The van der Waals surface area contributed by atoms with Crippen LogP contribution in [0.1, 0.15) is 19.4 Å². The van der Waals surface area contributed by atoms with E-state index in [4.69, 9.17) is 4.74 Å². The predicted octanol–water partition coefficient (Wildman–Crippen LogP) is 1.77. The lowest BCUT2D eigenvalue weighted by molar-refractivity contribution is 0.0726. The zero-order valence-electron chi connectivity index (χ0n) is 12.8. The third-order valence-electron chi connectivity index (χ3n) is 3.70. The molecule has 0 aliphatic carbocycles. The first kappa shape index (κ1) is 16.2. The fourth-order valence-corrected chi connectivity index (χ4v) is 2.60. The Bertz CT molecular complexity index is 454. The smallest absolute Gasteiger partial charge is 0.129 e. The lowest BCUT2D eigenvalue weighted by Gasteiger charge is -2.37. The van der Waals surface area contributed by atoms with Gasteiger partial charge in [0.25, 0.3) is 0 Å². The number of hydrogen-bond acceptors (Lipinski definition) is 4. The second-order valence-corrected chi connectivity index (χ2v) is 5.87. The topological polar surface area (TPSA) is 44.7 Å². The Morgan fingerprint density at radius 3 is 3.00 bits per heavy atom. The maximum absolute atomic E-state index is 14.2. The molecule has 1 aliphatic rings. The van der Waals surface area contributed by atoms with E-state index in [9.17, 15) is 9.50 Å². The fraction of sp³-hybridized carbons (Fsp3) is 0.625. The van der Waals surface area contributed by atoms with E-state index in [0.29, 0.717) is 37.8 Å². The molecule has 1 saturated heterocycles. The second kappa shape index (κ2) is 7.73. The van der Waals surface area contributed by atoms with Gasteiger partial charge in [0, 0.05) is 24.3 Å². The normalized spacial score (nSPS) is 19.3. The molecule has 2 rings (SSSR count). The van der Waals surface area contributed by atoms with Gasteiger partial charge in [0.15, 0.2) is 0 Å². The van der Waals surface area contributed by atoms with Gasteiger partial charge in [-0.2, -0.15) is 0 Å². The van der Waals surface area contributed by atoms with Crippen LogP contribution in [0.25, 0.3) is 0 Å². The van der Waals surface area contributed by atoms with Crippen molar-refractivity contribution in [3.8, 4) is 0 Å². The molecule has 1 heterocycles. The molecule has 1 aromatic carbocycles. The minimum absolute atomic E-state index is 0.00930. The van der Waals surface area contributed by atoms with Crippen LogP contribution < -0.4 is 10.2 Å². The summed E-state index contributed by atoms with van der Waals surface area (Å²) >= 11 is 0. The number of hydrogen-bond donors (Lipinski definition) is 2. The van der Waals surface area contributed by atoms with Gasteiger partial charge in [-0.25, -0.2) is 4.39 Å². The number of ether oxygens (including phenoxy) is 1. The third-order valence-corrected chi connectivity index (χ3v) is 3.70. The van der Waals surface area contributed by atoms with Gasteiger partial charge >= 0.3 is 0 Å². The van der Waals surface area contributed by atoms with E-state index in [2.05, 4.69) is 24.1 Å². The van der Waals surface area contributed by atoms with Gasteiger partial charge in [-0.05, 0) is 24.6 Å². The van der Waals surface area contributed by atoms with Crippen molar-refractivity contribution >= 4 is 5.69 Å². The molecule has 21 heavy (non-hydrogen) atoms. The van der Waals surface area contributed by atoms with Crippen LogP contribution in [0.3, 0.4) is 0 Å². The largest absolute Gasteiger partial charge is 0.394 e. The standard InChI is InChI=1S/C16H25FN2O2/c1-12(2)8-18-9-14-15(17)4-3-5-16(14)19-6-7-21-11-13(19)10-20/h3-5,12-13,18,20H,6-11H2,1-2H3. The SMILES string of the molecule is CC(C)CNCc1c(F)cccc1N1CCOCC1CO. The van der Waals surface area contributed by atoms with E-state index in [-0.39, 0.29) is 18.5 Å². The molecule has 0 aromatic heterocycles. The van der Waals surface area contributed by atoms with Crippen molar-refractivity contribution < 1.29 is 14.2 Å². The number of rotatable bonds is 6. The fourth-order valence-electron chi connectivity index (χ4n) is 2.60. The summed E-state index contributed by atoms with van der Waals surface area (Å²) in [5.74, 6) is 0.320. The minimum Gasteiger partial charge on any atom is -0.394 e. The molecule has 2 N–H and O–H groups in total. The molecule has 118 valence electrons. The molecule has 0 amide bonds. The molecular formula is C16H25FN2O2. The Morgan fingerprint density at radius 1 is 1.48 bits per heavy atom. The summed E-state index contributed by atoms with van der Waals surface area (Å²) in [6.45, 7) is 7.35. The molecule has 4 nitrogen and oxygen atoms in total. The van der Waals surface area contributed by atoms with Gasteiger partial charge in [0.05, 0.1) is 25.9 Å². The Balaban J connectivity index is 2.19. The zero-order valence-corrected chi connectivity index (χ0v) is 12.8. The number of aliphatic hydroxyl groups excluding tert-OH is 1. The van der Waals surface area contributed by atoms with Crippen molar-refractivity contribution in [2.45, 2.75) is 26.4 Å². The minimum atomic E-state index is -0.202. The summed E-state index contributed by atoms with van der Waals surface area (Å²) in [5.41, 5.74) is 1.52. The van der Waals surface area contributed by atoms with Crippen LogP contribution in [0.5, 0.6) is 0 Å². The van der Waals surface area contributed by atoms with Crippen LogP contribution >= 0.6 is 0 Å². The number of anilines is 1. The number of benzene rings is 1. The summed E-state index contributed by atoms with van der Waals surface area (Å²) in [6, 6.07) is 5.03. The van der Waals surface area contributed by atoms with Crippen LogP contribution in [-0.4, -0.2) is 44.1 Å². The molecule has 0 radical (unpaired) electrons. The highest BCUT2D eigenvalue weighted by Crippen LogP contribution is 2.26. The highest BCUT2D eigenvalue weighted by molar-refractivity contribution is 5.55. The Morgan fingerprint density at radius 2 is 2.29 bits per heavy atom. The predicted molar refractivity (Wildman–Crippen MR) is 82.0 cm³/mol. The van der Waals surface area contributed by atoms with Gasteiger partial charge in [0.1, 0.15) is 5.82 Å². The third kappa shape index (κ3) is 4.15. The molecule has 1 aliphatic heterocycles. The molecule has 1 aromatic rings. The lowest BCUT2D eigenvalue weighted by Crippen LogP contribution is -2.48. The summed E-state index contributed by atoms with van der Waals surface area (Å²) in [5, 5.41) is 12.8. The maximum Gasteiger partial charge on any atom is 0.129 e. The quantitative estimate of drug-likeness (QED) is 0.840. The van der Waals surface area contributed by atoms with Crippen LogP contribution in [-0.2, 0) is 11.3 Å². The monoisotopic (exact) mass is 296 g/mol. The van der Waals surface area contributed by atoms with E-state index in [0.717, 1.165) is 12.2 Å². The molecule has 5 heteroatoms. The van der Waals surface area contributed by atoms with Crippen molar-refractivity contribution in [3.05, 3.63) is 29.6 Å². The van der Waals surface area contributed by atoms with E-state index in [1.54, 1.807) is 6.07 Å². The second-order valence-electron chi connectivity index (χ2n) is 5.87. The number of nitrogens with zero attached hydrogens (tertiary/aromatic N) is 1. The molecule has 1 atom stereocenters. The molecule has 0 spiro atoms. The Labute approximate surface area is 125 Å². The first-order chi connectivity index (χ1) is 10.1. The van der Waals surface area contributed by atoms with E-state index in [1.165, 1.54) is 6.07 Å². The first-order valence-corrected chi connectivity index (χ1v) is 7.56. The zero-order chi connectivity index (χ0) is 15.2. The number of halogens is 1. The first-order valence-electron chi connectivity index (χ1n) is 7.56. The maximum atomic E-state index is 14.2. The van der Waals surface area contributed by atoms with Crippen molar-refractivity contribution in [1.29, 1.82) is 0 Å². The molecule has 1 fully saturated rings. The summed E-state index contributed by atoms with van der Waals surface area (Å²) in [6.07, 6.45) is 0. The lowest BCUT2D eigenvalue weighted by atomic mass is 10.1.